The highest BCUT2D eigenvalue weighted by atomic mass is 16.1. The fourth-order valence-corrected chi connectivity index (χ4v) is 11.1. The normalized spacial score (nSPS) is 15.2. The Morgan fingerprint density at radius 3 is 0.823 bits per heavy atom. The van der Waals surface area contributed by atoms with Gasteiger partial charge in [0.15, 0.2) is 32.6 Å². The molecule has 4 aliphatic rings. The average Bonchev–Trinajstić information content (AvgIpc) is 4.30. The third kappa shape index (κ3) is 19.3. The van der Waals surface area contributed by atoms with Crippen LogP contribution < -0.4 is 32.6 Å². The Bertz CT molecular complexity index is 3160. The van der Waals surface area contributed by atoms with Gasteiger partial charge in [0.1, 0.15) is 0 Å². The van der Waals surface area contributed by atoms with Crippen LogP contribution in [0.15, 0.2) is 174 Å². The van der Waals surface area contributed by atoms with Crippen molar-refractivity contribution < 1.29 is 0 Å². The summed E-state index contributed by atoms with van der Waals surface area (Å²) in [6.07, 6.45) is 19.0. The van der Waals surface area contributed by atoms with Crippen LogP contribution in [0.4, 0.5) is 0 Å². The zero-order chi connectivity index (χ0) is 57.4. The molecular weight excluding hydrogens is 973 g/mol. The van der Waals surface area contributed by atoms with E-state index < -0.39 is 0 Å². The summed E-state index contributed by atoms with van der Waals surface area (Å²) < 4.78 is 0. The second kappa shape index (κ2) is 32.4. The minimum absolute atomic E-state index is 0.128. The molecule has 0 radical (unpaired) electrons. The molecule has 1 unspecified atom stereocenters. The van der Waals surface area contributed by atoms with Gasteiger partial charge in [-0.1, -0.05) is 175 Å². The van der Waals surface area contributed by atoms with Gasteiger partial charge in [-0.3, -0.25) is 28.8 Å². The molecule has 0 aliphatic heterocycles. The number of rotatable bonds is 7. The van der Waals surface area contributed by atoms with Crippen molar-refractivity contribution in [3.8, 4) is 0 Å². The topological polar surface area (TPSA) is 102 Å². The molecule has 0 spiro atoms. The van der Waals surface area contributed by atoms with Gasteiger partial charge in [0, 0.05) is 0 Å². The minimum atomic E-state index is 0.128. The maximum atomic E-state index is 11.7. The van der Waals surface area contributed by atoms with Crippen LogP contribution in [0.5, 0.6) is 0 Å². The van der Waals surface area contributed by atoms with Crippen LogP contribution >= 0.6 is 0 Å². The highest BCUT2D eigenvalue weighted by Gasteiger charge is 2.25. The van der Waals surface area contributed by atoms with Crippen molar-refractivity contribution in [1.82, 2.24) is 0 Å². The molecule has 0 amide bonds. The smallest absolute Gasteiger partial charge is 0.181 e. The Morgan fingerprint density at radius 2 is 0.544 bits per heavy atom. The highest BCUT2D eigenvalue weighted by molar-refractivity contribution is 5.33. The Balaban J connectivity index is 0.000000175. The van der Waals surface area contributed by atoms with Gasteiger partial charge in [-0.15, -0.1) is 0 Å². The Kier molecular flexibility index (Phi) is 25.9. The summed E-state index contributed by atoms with van der Waals surface area (Å²) in [5.41, 5.74) is 13.9. The van der Waals surface area contributed by atoms with E-state index >= 15 is 0 Å². The lowest BCUT2D eigenvalue weighted by Gasteiger charge is -2.26. The van der Waals surface area contributed by atoms with Gasteiger partial charge in [-0.05, 0) is 238 Å². The van der Waals surface area contributed by atoms with E-state index in [9.17, 15) is 28.8 Å². The van der Waals surface area contributed by atoms with Crippen molar-refractivity contribution in [2.75, 3.05) is 0 Å². The van der Waals surface area contributed by atoms with Gasteiger partial charge >= 0.3 is 0 Å². The molecule has 0 saturated heterocycles. The van der Waals surface area contributed by atoms with Crippen LogP contribution in [-0.4, -0.2) is 0 Å². The quantitative estimate of drug-likeness (QED) is 0.158. The van der Waals surface area contributed by atoms with E-state index in [0.29, 0.717) is 35.5 Å². The maximum Gasteiger partial charge on any atom is 0.181 e. The molecule has 6 aromatic rings. The van der Waals surface area contributed by atoms with Crippen LogP contribution in [0.1, 0.15) is 226 Å². The zero-order valence-electron chi connectivity index (χ0n) is 49.4. The molecular formula is C73H90O6. The highest BCUT2D eigenvalue weighted by Crippen LogP contribution is 2.41. The summed E-state index contributed by atoms with van der Waals surface area (Å²) in [5, 5.41) is 0. The molecule has 4 fully saturated rings. The predicted molar refractivity (Wildman–Crippen MR) is 333 cm³/mol. The van der Waals surface area contributed by atoms with Crippen molar-refractivity contribution >= 4 is 0 Å². The van der Waals surface area contributed by atoms with Crippen molar-refractivity contribution in [2.45, 2.75) is 201 Å². The van der Waals surface area contributed by atoms with E-state index in [4.69, 9.17) is 0 Å². The third-order valence-electron chi connectivity index (χ3n) is 16.8. The van der Waals surface area contributed by atoms with Crippen molar-refractivity contribution in [2.24, 2.45) is 0 Å². The minimum Gasteiger partial charge on any atom is -0.290 e. The van der Waals surface area contributed by atoms with Crippen LogP contribution in [0.25, 0.3) is 0 Å². The lowest BCUT2D eigenvalue weighted by Crippen LogP contribution is -2.13. The number of hydrogen-bond acceptors (Lipinski definition) is 6. The molecule has 1 atom stereocenters. The average molecular weight is 1060 g/mol. The largest absolute Gasteiger partial charge is 0.290 e. The summed E-state index contributed by atoms with van der Waals surface area (Å²) in [6.45, 7) is 20.1. The first-order valence-corrected chi connectivity index (χ1v) is 29.5. The summed E-state index contributed by atoms with van der Waals surface area (Å²) in [7, 11) is 0. The van der Waals surface area contributed by atoms with Crippen LogP contribution in [-0.2, 0) is 0 Å². The fourth-order valence-electron chi connectivity index (χ4n) is 11.1. The summed E-state index contributed by atoms with van der Waals surface area (Å²) in [4.78, 5) is 68.9. The van der Waals surface area contributed by atoms with E-state index in [1.807, 2.05) is 114 Å². The van der Waals surface area contributed by atoms with Gasteiger partial charge in [-0.25, -0.2) is 0 Å². The molecule has 4 saturated carbocycles. The molecule has 0 N–H and O–H groups in total. The van der Waals surface area contributed by atoms with Crippen LogP contribution in [0.2, 0.25) is 0 Å². The Hall–Kier alpha value is -6.66. The van der Waals surface area contributed by atoms with Gasteiger partial charge in [0.05, 0.1) is 0 Å². The lowest BCUT2D eigenvalue weighted by molar-refractivity contribution is 0.418. The van der Waals surface area contributed by atoms with Gasteiger partial charge in [-0.2, -0.15) is 0 Å². The summed E-state index contributed by atoms with van der Waals surface area (Å²) in [6, 6.07) is 45.1. The fraction of sp³-hybridized carbons (Fsp3) is 0.425. The van der Waals surface area contributed by atoms with E-state index in [-0.39, 0.29) is 32.6 Å². The first-order chi connectivity index (χ1) is 37.9. The standard InChI is InChI=1S/C14H18O.C13H16O.C12H14O.C12H16O.C11H12O.C11H14O/c1-11-13(9-5-6-10-14(11)15)12-7-3-2-4-8-12;1-10-12(11-6-2-3-7-11)8-4-5-9-13(10)14;1-9-11(10-5-4-6-10)7-2-3-8-12(9)13;1-4-9(2)11-7-5-6-8-12(13)10(11)3;1-8-10(9-6-7-9)4-2-3-5-11(8)12;1-8(2)10-6-4-5-7-11(12)9(10)3/h5-6,9-10,12H,2-4,7-8H2,1H3;4-5,8-9,11H,2-3,6-7H2,1H3;2-3,7-8,10H,4-6H2,1H3;5-9H,4H2,1-3H3;2-5,9H,6-7H2,1H3;4-8H,1-3H3. The van der Waals surface area contributed by atoms with E-state index in [2.05, 4.69) is 52.0 Å². The van der Waals surface area contributed by atoms with E-state index in [0.717, 1.165) is 45.4 Å². The first-order valence-electron chi connectivity index (χ1n) is 29.5. The Labute approximate surface area is 472 Å². The molecule has 6 nitrogen and oxygen atoms in total. The first kappa shape index (κ1) is 63.2. The monoisotopic (exact) mass is 1060 g/mol. The predicted octanol–water partition coefficient (Wildman–Crippen LogP) is 16.6. The maximum absolute atomic E-state index is 11.7. The van der Waals surface area contributed by atoms with E-state index in [1.54, 1.807) is 48.5 Å². The molecule has 79 heavy (non-hydrogen) atoms. The second-order valence-corrected chi connectivity index (χ2v) is 22.7. The van der Waals surface area contributed by atoms with Crippen LogP contribution in [0.3, 0.4) is 0 Å². The van der Waals surface area contributed by atoms with Crippen molar-refractivity contribution in [1.29, 1.82) is 0 Å². The lowest BCUT2D eigenvalue weighted by atomic mass is 9.79. The van der Waals surface area contributed by atoms with Gasteiger partial charge < -0.3 is 0 Å². The molecule has 4 aliphatic carbocycles. The number of hydrogen-bond donors (Lipinski definition) is 0. The summed E-state index contributed by atoms with van der Waals surface area (Å²) in [5.74, 6) is 3.48. The van der Waals surface area contributed by atoms with Crippen LogP contribution in [0, 0.1) is 41.5 Å². The molecule has 418 valence electrons. The SMILES string of the molecule is CCC(C)c1ccccc(=O)c1C.Cc1c(C(C)C)ccccc1=O.Cc1c(C2CC2)ccccc1=O.Cc1c(C2CCC2)ccccc1=O.Cc1c(C2CCCC2)ccccc1=O.Cc1c(C2CCCCC2)ccccc1=O. The van der Waals surface area contributed by atoms with Crippen molar-refractivity contribution in [3.05, 3.63) is 274 Å². The third-order valence-corrected chi connectivity index (χ3v) is 16.8. The Morgan fingerprint density at radius 1 is 0.304 bits per heavy atom. The molecule has 6 aromatic carbocycles. The zero-order valence-corrected chi connectivity index (χ0v) is 49.4. The molecule has 0 heterocycles. The second-order valence-electron chi connectivity index (χ2n) is 22.7. The van der Waals surface area contributed by atoms with E-state index in [1.165, 1.54) is 118 Å². The molecule has 0 aromatic heterocycles. The molecule has 10 rings (SSSR count). The summed E-state index contributed by atoms with van der Waals surface area (Å²) >= 11 is 0. The van der Waals surface area contributed by atoms with Gasteiger partial charge in [0.2, 0.25) is 0 Å². The molecule has 0 bridgehead atoms. The molecule has 6 heteroatoms. The van der Waals surface area contributed by atoms with Gasteiger partial charge in [0.25, 0.3) is 0 Å². The van der Waals surface area contributed by atoms with Crippen molar-refractivity contribution in [3.63, 3.8) is 0 Å².